The molecule has 0 bridgehead atoms. The van der Waals surface area contributed by atoms with Gasteiger partial charge < -0.3 is 15.3 Å². The Balaban J connectivity index is 2.87. The van der Waals surface area contributed by atoms with Gasteiger partial charge in [-0.25, -0.2) is 0 Å². The summed E-state index contributed by atoms with van der Waals surface area (Å²) in [6, 6.07) is 8.36. The topological polar surface area (TPSA) is 35.5 Å². The van der Waals surface area contributed by atoms with Crippen molar-refractivity contribution in [1.29, 1.82) is 0 Å². The van der Waals surface area contributed by atoms with Crippen LogP contribution in [-0.2, 0) is 6.54 Å². The second-order valence-electron chi connectivity index (χ2n) is 5.34. The van der Waals surface area contributed by atoms with E-state index in [0.717, 1.165) is 19.5 Å². The van der Waals surface area contributed by atoms with Gasteiger partial charge in [0, 0.05) is 19.3 Å². The van der Waals surface area contributed by atoms with Gasteiger partial charge in [0.15, 0.2) is 0 Å². The van der Waals surface area contributed by atoms with E-state index >= 15 is 0 Å². The van der Waals surface area contributed by atoms with E-state index in [1.54, 1.807) is 0 Å². The molecular weight excluding hydrogens is 224 g/mol. The first-order valence-corrected chi connectivity index (χ1v) is 6.66. The highest BCUT2D eigenvalue weighted by atomic mass is 16.3. The SMILES string of the molecule is CCCNCc1ccccc1N(C)C(C)(C)CO. The van der Waals surface area contributed by atoms with Gasteiger partial charge in [-0.1, -0.05) is 25.1 Å². The molecule has 0 aliphatic heterocycles. The van der Waals surface area contributed by atoms with E-state index in [9.17, 15) is 5.11 Å². The summed E-state index contributed by atoms with van der Waals surface area (Å²) in [5.41, 5.74) is 2.20. The number of hydrogen-bond donors (Lipinski definition) is 2. The molecule has 0 radical (unpaired) electrons. The summed E-state index contributed by atoms with van der Waals surface area (Å²) in [6.45, 7) is 8.30. The second kappa shape index (κ2) is 6.76. The van der Waals surface area contributed by atoms with Crippen LogP contribution in [0.3, 0.4) is 0 Å². The fraction of sp³-hybridized carbons (Fsp3) is 0.600. The lowest BCUT2D eigenvalue weighted by molar-refractivity contribution is 0.216. The molecule has 0 heterocycles. The number of hydrogen-bond acceptors (Lipinski definition) is 3. The number of aliphatic hydroxyl groups excluding tert-OH is 1. The minimum absolute atomic E-state index is 0.139. The Bertz CT molecular complexity index is 363. The van der Waals surface area contributed by atoms with Crippen molar-refractivity contribution in [1.82, 2.24) is 5.32 Å². The maximum Gasteiger partial charge on any atom is 0.0658 e. The molecule has 0 aromatic heterocycles. The molecule has 18 heavy (non-hydrogen) atoms. The summed E-state index contributed by atoms with van der Waals surface area (Å²) in [5.74, 6) is 0. The third-order valence-electron chi connectivity index (χ3n) is 3.39. The molecule has 102 valence electrons. The van der Waals surface area contributed by atoms with Gasteiger partial charge in [0.2, 0.25) is 0 Å². The first-order chi connectivity index (χ1) is 8.53. The molecule has 0 atom stereocenters. The molecule has 0 saturated carbocycles. The minimum atomic E-state index is -0.249. The van der Waals surface area contributed by atoms with Gasteiger partial charge in [-0.2, -0.15) is 0 Å². The average Bonchev–Trinajstić information content (AvgIpc) is 2.39. The molecule has 0 spiro atoms. The summed E-state index contributed by atoms with van der Waals surface area (Å²) >= 11 is 0. The van der Waals surface area contributed by atoms with Gasteiger partial charge in [0.05, 0.1) is 12.1 Å². The minimum Gasteiger partial charge on any atom is -0.394 e. The lowest BCUT2D eigenvalue weighted by Gasteiger charge is -2.37. The van der Waals surface area contributed by atoms with Crippen molar-refractivity contribution < 1.29 is 5.11 Å². The van der Waals surface area contributed by atoms with Crippen LogP contribution >= 0.6 is 0 Å². The third-order valence-corrected chi connectivity index (χ3v) is 3.39. The van der Waals surface area contributed by atoms with Crippen LogP contribution in [0, 0.1) is 0 Å². The molecule has 3 nitrogen and oxygen atoms in total. The predicted molar refractivity (Wildman–Crippen MR) is 78.0 cm³/mol. The Morgan fingerprint density at radius 3 is 2.56 bits per heavy atom. The van der Waals surface area contributed by atoms with Crippen molar-refractivity contribution >= 4 is 5.69 Å². The van der Waals surface area contributed by atoms with Crippen LogP contribution in [0.5, 0.6) is 0 Å². The van der Waals surface area contributed by atoms with Crippen LogP contribution in [0.15, 0.2) is 24.3 Å². The fourth-order valence-corrected chi connectivity index (χ4v) is 1.82. The maximum absolute atomic E-state index is 9.47. The van der Waals surface area contributed by atoms with Crippen LogP contribution in [0.25, 0.3) is 0 Å². The van der Waals surface area contributed by atoms with Crippen LogP contribution in [-0.4, -0.2) is 30.8 Å². The second-order valence-corrected chi connectivity index (χ2v) is 5.34. The van der Waals surface area contributed by atoms with E-state index < -0.39 is 0 Å². The van der Waals surface area contributed by atoms with Crippen molar-refractivity contribution in [3.63, 3.8) is 0 Å². The number of rotatable bonds is 7. The van der Waals surface area contributed by atoms with Gasteiger partial charge in [0.1, 0.15) is 0 Å². The van der Waals surface area contributed by atoms with Gasteiger partial charge in [-0.15, -0.1) is 0 Å². The Morgan fingerprint density at radius 1 is 1.28 bits per heavy atom. The lowest BCUT2D eigenvalue weighted by atomic mass is 10.0. The Hall–Kier alpha value is -1.06. The normalized spacial score (nSPS) is 11.6. The molecule has 0 unspecified atom stereocenters. The Kier molecular flexibility index (Phi) is 5.63. The van der Waals surface area contributed by atoms with E-state index in [1.165, 1.54) is 11.3 Å². The van der Waals surface area contributed by atoms with Gasteiger partial charge in [-0.3, -0.25) is 0 Å². The van der Waals surface area contributed by atoms with Crippen molar-refractivity contribution in [2.45, 2.75) is 39.3 Å². The third kappa shape index (κ3) is 3.72. The highest BCUT2D eigenvalue weighted by molar-refractivity contribution is 5.54. The van der Waals surface area contributed by atoms with E-state index in [0.29, 0.717) is 0 Å². The van der Waals surface area contributed by atoms with Crippen LogP contribution < -0.4 is 10.2 Å². The number of likely N-dealkylation sites (N-methyl/N-ethyl adjacent to an activating group) is 1. The van der Waals surface area contributed by atoms with E-state index in [2.05, 4.69) is 35.3 Å². The predicted octanol–water partition coefficient (Wildman–Crippen LogP) is 2.39. The van der Waals surface area contributed by atoms with Gasteiger partial charge in [-0.05, 0) is 38.4 Å². The summed E-state index contributed by atoms with van der Waals surface area (Å²) in [7, 11) is 2.04. The number of nitrogens with one attached hydrogen (secondary N) is 1. The van der Waals surface area contributed by atoms with Crippen LogP contribution in [0.2, 0.25) is 0 Å². The monoisotopic (exact) mass is 250 g/mol. The first-order valence-electron chi connectivity index (χ1n) is 6.66. The first kappa shape index (κ1) is 15.0. The summed E-state index contributed by atoms with van der Waals surface area (Å²) in [4.78, 5) is 2.15. The highest BCUT2D eigenvalue weighted by Crippen LogP contribution is 2.25. The lowest BCUT2D eigenvalue weighted by Crippen LogP contribution is -2.45. The highest BCUT2D eigenvalue weighted by Gasteiger charge is 2.24. The van der Waals surface area contributed by atoms with Crippen molar-refractivity contribution in [2.24, 2.45) is 0 Å². The Morgan fingerprint density at radius 2 is 1.94 bits per heavy atom. The molecule has 0 saturated heterocycles. The molecule has 1 aromatic rings. The molecule has 0 aliphatic rings. The molecular formula is C15H26N2O. The molecule has 1 rings (SSSR count). The smallest absolute Gasteiger partial charge is 0.0658 e. The molecule has 0 amide bonds. The molecule has 0 fully saturated rings. The molecule has 1 aromatic carbocycles. The summed E-state index contributed by atoms with van der Waals surface area (Å²) in [6.07, 6.45) is 1.14. The maximum atomic E-state index is 9.47. The number of aliphatic hydroxyl groups is 1. The van der Waals surface area contributed by atoms with E-state index in [-0.39, 0.29) is 12.1 Å². The number of benzene rings is 1. The molecule has 3 heteroatoms. The van der Waals surface area contributed by atoms with Gasteiger partial charge >= 0.3 is 0 Å². The number of para-hydroxylation sites is 1. The average molecular weight is 250 g/mol. The van der Waals surface area contributed by atoms with E-state index in [4.69, 9.17) is 0 Å². The summed E-state index contributed by atoms with van der Waals surface area (Å²) < 4.78 is 0. The standard InChI is InChI=1S/C15H26N2O/c1-5-10-16-11-13-8-6-7-9-14(13)17(4)15(2,3)12-18/h6-9,16,18H,5,10-12H2,1-4H3. The quantitative estimate of drug-likeness (QED) is 0.729. The molecule has 0 aliphatic carbocycles. The molecule has 2 N–H and O–H groups in total. The number of nitrogens with zero attached hydrogens (tertiary/aromatic N) is 1. The summed E-state index contributed by atoms with van der Waals surface area (Å²) in [5, 5.41) is 12.9. The van der Waals surface area contributed by atoms with Crippen molar-refractivity contribution in [3.05, 3.63) is 29.8 Å². The number of anilines is 1. The van der Waals surface area contributed by atoms with Crippen molar-refractivity contribution in [2.75, 3.05) is 25.1 Å². The van der Waals surface area contributed by atoms with Crippen LogP contribution in [0.4, 0.5) is 5.69 Å². The zero-order valence-corrected chi connectivity index (χ0v) is 12.0. The van der Waals surface area contributed by atoms with Crippen LogP contribution in [0.1, 0.15) is 32.8 Å². The Labute approximate surface area is 111 Å². The zero-order chi connectivity index (χ0) is 13.6. The van der Waals surface area contributed by atoms with Crippen molar-refractivity contribution in [3.8, 4) is 0 Å². The van der Waals surface area contributed by atoms with Gasteiger partial charge in [0.25, 0.3) is 0 Å². The largest absolute Gasteiger partial charge is 0.394 e. The zero-order valence-electron chi connectivity index (χ0n) is 12.0. The van der Waals surface area contributed by atoms with E-state index in [1.807, 2.05) is 27.0 Å². The fourth-order valence-electron chi connectivity index (χ4n) is 1.82.